The highest BCUT2D eigenvalue weighted by Crippen LogP contribution is 2.33. The van der Waals surface area contributed by atoms with E-state index >= 15 is 0 Å². The molecule has 2 fully saturated rings. The first kappa shape index (κ1) is 20.8. The number of hydrogen-bond acceptors (Lipinski definition) is 6. The number of likely N-dealkylation sites (tertiary alicyclic amines) is 1. The van der Waals surface area contributed by atoms with E-state index < -0.39 is 5.60 Å². The number of aliphatic hydroxyl groups is 1. The Kier molecular flexibility index (Phi) is 6.08. The lowest BCUT2D eigenvalue weighted by atomic mass is 9.84. The summed E-state index contributed by atoms with van der Waals surface area (Å²) in [5.41, 5.74) is -0.489. The molecule has 0 radical (unpaired) electrons. The second-order valence-electron chi connectivity index (χ2n) is 7.71. The van der Waals surface area contributed by atoms with Crippen molar-refractivity contribution in [2.24, 2.45) is 0 Å². The van der Waals surface area contributed by atoms with Crippen molar-refractivity contribution in [2.45, 2.75) is 25.0 Å². The van der Waals surface area contributed by atoms with Gasteiger partial charge in [0.05, 0.1) is 18.8 Å². The Labute approximate surface area is 179 Å². The van der Waals surface area contributed by atoms with Crippen LogP contribution in [-0.2, 0) is 21.7 Å². The lowest BCUT2D eigenvalue weighted by Crippen LogP contribution is -2.47. The van der Waals surface area contributed by atoms with Gasteiger partial charge in [0.2, 0.25) is 5.91 Å². The van der Waals surface area contributed by atoms with Crippen molar-refractivity contribution in [1.29, 1.82) is 0 Å². The lowest BCUT2D eigenvalue weighted by Gasteiger charge is -2.38. The number of ether oxygens (including phenoxy) is 1. The number of carbonyl (C=O) groups is 1. The molecular formula is C21H25ClN4O4. The maximum absolute atomic E-state index is 12.8. The van der Waals surface area contributed by atoms with Crippen molar-refractivity contribution in [1.82, 2.24) is 14.7 Å². The number of nitrogens with zero attached hydrogens (tertiary/aromatic N) is 4. The van der Waals surface area contributed by atoms with Crippen molar-refractivity contribution in [3.8, 4) is 0 Å². The molecule has 1 N–H and O–H groups in total. The molecule has 2 aliphatic rings. The van der Waals surface area contributed by atoms with E-state index in [1.54, 1.807) is 23.1 Å². The number of hydrogen-bond donors (Lipinski definition) is 1. The summed E-state index contributed by atoms with van der Waals surface area (Å²) < 4.78 is 6.56. The minimum atomic E-state index is -0.979. The first-order chi connectivity index (χ1) is 14.4. The molecule has 0 saturated carbocycles. The van der Waals surface area contributed by atoms with Gasteiger partial charge in [0.25, 0.3) is 5.56 Å². The number of benzene rings is 1. The zero-order chi connectivity index (χ0) is 21.1. The fraction of sp³-hybridized carbons (Fsp3) is 0.476. The smallest absolute Gasteiger partial charge is 0.267 e. The van der Waals surface area contributed by atoms with Crippen molar-refractivity contribution < 1.29 is 14.6 Å². The molecule has 0 unspecified atom stereocenters. The fourth-order valence-electron chi connectivity index (χ4n) is 3.92. The Hall–Kier alpha value is -2.42. The molecule has 4 rings (SSSR count). The van der Waals surface area contributed by atoms with Gasteiger partial charge in [-0.05, 0) is 36.6 Å². The number of anilines is 1. The maximum atomic E-state index is 12.8. The van der Waals surface area contributed by atoms with Crippen LogP contribution in [0.25, 0.3) is 0 Å². The Balaban J connectivity index is 1.40. The van der Waals surface area contributed by atoms with Crippen LogP contribution in [0, 0.1) is 0 Å². The van der Waals surface area contributed by atoms with Crippen molar-refractivity contribution >= 4 is 23.3 Å². The van der Waals surface area contributed by atoms with Crippen LogP contribution in [0.5, 0.6) is 0 Å². The Morgan fingerprint density at radius 2 is 1.73 bits per heavy atom. The number of piperidine rings is 1. The zero-order valence-electron chi connectivity index (χ0n) is 16.7. The van der Waals surface area contributed by atoms with Gasteiger partial charge in [0.15, 0.2) is 0 Å². The standard InChI is InChI=1S/C21H25ClN4O4/c22-17-3-1-16(2-4-17)21(29)7-9-25(10-8-21)20(28)15-26-19(27)6-5-18(23-26)24-11-13-30-14-12-24/h1-6,29H,7-15H2. The molecule has 1 amide bonds. The van der Waals surface area contributed by atoms with E-state index in [1.807, 2.05) is 17.0 Å². The Bertz CT molecular complexity index is 948. The molecule has 30 heavy (non-hydrogen) atoms. The van der Waals surface area contributed by atoms with E-state index in [0.29, 0.717) is 63.1 Å². The van der Waals surface area contributed by atoms with E-state index in [1.165, 1.54) is 10.7 Å². The molecule has 0 atom stereocenters. The van der Waals surface area contributed by atoms with Gasteiger partial charge in [0, 0.05) is 37.3 Å². The van der Waals surface area contributed by atoms with Gasteiger partial charge < -0.3 is 19.6 Å². The summed E-state index contributed by atoms with van der Waals surface area (Å²) in [6.07, 6.45) is 0.854. The van der Waals surface area contributed by atoms with E-state index in [9.17, 15) is 14.7 Å². The van der Waals surface area contributed by atoms with E-state index in [4.69, 9.17) is 16.3 Å². The van der Waals surface area contributed by atoms with Gasteiger partial charge in [-0.15, -0.1) is 0 Å². The number of carbonyl (C=O) groups excluding carboxylic acids is 1. The fourth-order valence-corrected chi connectivity index (χ4v) is 4.04. The number of halogens is 1. The maximum Gasteiger partial charge on any atom is 0.267 e. The topological polar surface area (TPSA) is 87.9 Å². The van der Waals surface area contributed by atoms with Crippen LogP contribution in [-0.4, -0.2) is 65.1 Å². The molecule has 2 aliphatic heterocycles. The van der Waals surface area contributed by atoms with Crippen molar-refractivity contribution in [2.75, 3.05) is 44.3 Å². The van der Waals surface area contributed by atoms with Crippen LogP contribution < -0.4 is 10.5 Å². The number of rotatable bonds is 4. The van der Waals surface area contributed by atoms with Gasteiger partial charge in [-0.25, -0.2) is 4.68 Å². The molecule has 9 heteroatoms. The summed E-state index contributed by atoms with van der Waals surface area (Å²) >= 11 is 5.93. The van der Waals surface area contributed by atoms with Crippen LogP contribution >= 0.6 is 11.6 Å². The molecule has 3 heterocycles. The van der Waals surface area contributed by atoms with Crippen LogP contribution in [0.4, 0.5) is 5.82 Å². The van der Waals surface area contributed by atoms with Crippen LogP contribution in [0.15, 0.2) is 41.2 Å². The molecule has 0 spiro atoms. The highest BCUT2D eigenvalue weighted by Gasteiger charge is 2.35. The first-order valence-corrected chi connectivity index (χ1v) is 10.5. The largest absolute Gasteiger partial charge is 0.385 e. The monoisotopic (exact) mass is 432 g/mol. The van der Waals surface area contributed by atoms with Crippen LogP contribution in [0.1, 0.15) is 18.4 Å². The SMILES string of the molecule is O=C(Cn1nc(N2CCOCC2)ccc1=O)N1CCC(O)(c2ccc(Cl)cc2)CC1. The van der Waals surface area contributed by atoms with E-state index in [0.717, 1.165) is 5.56 Å². The molecule has 2 saturated heterocycles. The number of aromatic nitrogens is 2. The Morgan fingerprint density at radius 1 is 1.07 bits per heavy atom. The minimum absolute atomic E-state index is 0.115. The number of amides is 1. The summed E-state index contributed by atoms with van der Waals surface area (Å²) in [5.74, 6) is 0.489. The second-order valence-corrected chi connectivity index (χ2v) is 8.14. The van der Waals surface area contributed by atoms with E-state index in [-0.39, 0.29) is 18.0 Å². The molecule has 1 aromatic carbocycles. The molecular weight excluding hydrogens is 408 g/mol. The second kappa shape index (κ2) is 8.75. The lowest BCUT2D eigenvalue weighted by molar-refractivity contribution is -0.136. The summed E-state index contributed by atoms with van der Waals surface area (Å²) in [7, 11) is 0. The predicted molar refractivity (Wildman–Crippen MR) is 113 cm³/mol. The highest BCUT2D eigenvalue weighted by molar-refractivity contribution is 6.30. The van der Waals surface area contributed by atoms with Crippen LogP contribution in [0.2, 0.25) is 5.02 Å². The number of morpholine rings is 1. The quantitative estimate of drug-likeness (QED) is 0.782. The third-order valence-electron chi connectivity index (χ3n) is 5.80. The minimum Gasteiger partial charge on any atom is -0.385 e. The summed E-state index contributed by atoms with van der Waals surface area (Å²) in [5, 5.41) is 16.0. The highest BCUT2D eigenvalue weighted by atomic mass is 35.5. The predicted octanol–water partition coefficient (Wildman–Crippen LogP) is 1.24. The molecule has 160 valence electrons. The third kappa shape index (κ3) is 4.50. The zero-order valence-corrected chi connectivity index (χ0v) is 17.4. The average molecular weight is 433 g/mol. The first-order valence-electron chi connectivity index (χ1n) is 10.1. The van der Waals surface area contributed by atoms with Gasteiger partial charge in [0.1, 0.15) is 12.4 Å². The van der Waals surface area contributed by atoms with Gasteiger partial charge in [-0.2, -0.15) is 5.10 Å². The summed E-state index contributed by atoms with van der Waals surface area (Å²) in [4.78, 5) is 28.7. The van der Waals surface area contributed by atoms with Crippen LogP contribution in [0.3, 0.4) is 0 Å². The van der Waals surface area contributed by atoms with Gasteiger partial charge in [-0.1, -0.05) is 23.7 Å². The summed E-state index contributed by atoms with van der Waals surface area (Å²) in [6, 6.07) is 10.3. The average Bonchev–Trinajstić information content (AvgIpc) is 2.76. The van der Waals surface area contributed by atoms with Crippen molar-refractivity contribution in [3.63, 3.8) is 0 Å². The third-order valence-corrected chi connectivity index (χ3v) is 6.05. The molecule has 8 nitrogen and oxygen atoms in total. The molecule has 2 aromatic rings. The molecule has 0 aliphatic carbocycles. The Morgan fingerprint density at radius 3 is 2.40 bits per heavy atom. The normalized spacial score (nSPS) is 19.0. The van der Waals surface area contributed by atoms with Gasteiger partial charge >= 0.3 is 0 Å². The molecule has 1 aromatic heterocycles. The van der Waals surface area contributed by atoms with Gasteiger partial charge in [-0.3, -0.25) is 9.59 Å². The molecule has 0 bridgehead atoms. The summed E-state index contributed by atoms with van der Waals surface area (Å²) in [6.45, 7) is 3.35. The van der Waals surface area contributed by atoms with E-state index in [2.05, 4.69) is 5.10 Å². The van der Waals surface area contributed by atoms with Crippen molar-refractivity contribution in [3.05, 3.63) is 57.3 Å².